The number of carbonyl (C=O) groups excluding carboxylic acids is 1. The third-order valence-corrected chi connectivity index (χ3v) is 4.31. The van der Waals surface area contributed by atoms with Gasteiger partial charge in [0.1, 0.15) is 0 Å². The van der Waals surface area contributed by atoms with Crippen LogP contribution >= 0.6 is 15.9 Å². The van der Waals surface area contributed by atoms with Crippen LogP contribution in [-0.4, -0.2) is 10.9 Å². The molecular formula is C20H18BrN3O. The van der Waals surface area contributed by atoms with Gasteiger partial charge in [-0.3, -0.25) is 9.78 Å². The van der Waals surface area contributed by atoms with Crippen LogP contribution in [0.25, 0.3) is 0 Å². The Kier molecular flexibility index (Phi) is 5.46. The van der Waals surface area contributed by atoms with Gasteiger partial charge in [0.25, 0.3) is 5.91 Å². The summed E-state index contributed by atoms with van der Waals surface area (Å²) < 4.78 is 0.966. The Morgan fingerprint density at radius 3 is 2.44 bits per heavy atom. The molecule has 0 aliphatic rings. The fourth-order valence-electron chi connectivity index (χ4n) is 2.45. The van der Waals surface area contributed by atoms with Crippen molar-refractivity contribution in [3.05, 3.63) is 88.7 Å². The minimum absolute atomic E-state index is 0.118. The zero-order chi connectivity index (χ0) is 17.6. The summed E-state index contributed by atoms with van der Waals surface area (Å²) in [6.45, 7) is 2.07. The van der Waals surface area contributed by atoms with Gasteiger partial charge in [-0.05, 0) is 42.8 Å². The Hall–Kier alpha value is -2.66. The highest BCUT2D eigenvalue weighted by atomic mass is 79.9. The second-order valence-electron chi connectivity index (χ2n) is 5.70. The minimum atomic E-state index is -0.189. The number of nitrogens with zero attached hydrogens (tertiary/aromatic N) is 1. The van der Waals surface area contributed by atoms with Crippen LogP contribution in [0.2, 0.25) is 0 Å². The highest BCUT2D eigenvalue weighted by Gasteiger charge is 2.10. The molecule has 0 radical (unpaired) electrons. The van der Waals surface area contributed by atoms with Gasteiger partial charge in [-0.15, -0.1) is 0 Å². The highest BCUT2D eigenvalue weighted by Crippen LogP contribution is 2.20. The SMILES string of the molecule is CC(Nc1cncc(C(=O)Nc2ccc(Br)cc2)c1)c1ccccc1. The molecule has 1 aromatic heterocycles. The molecule has 1 heterocycles. The number of hydrogen-bond acceptors (Lipinski definition) is 3. The van der Waals surface area contributed by atoms with Crippen LogP contribution in [0.3, 0.4) is 0 Å². The Balaban J connectivity index is 1.70. The topological polar surface area (TPSA) is 54.0 Å². The lowest BCUT2D eigenvalue weighted by Crippen LogP contribution is -2.13. The predicted octanol–water partition coefficient (Wildman–Crippen LogP) is 5.27. The third-order valence-electron chi connectivity index (χ3n) is 3.79. The van der Waals surface area contributed by atoms with Crippen molar-refractivity contribution in [3.63, 3.8) is 0 Å². The van der Waals surface area contributed by atoms with Crippen molar-refractivity contribution in [3.8, 4) is 0 Å². The van der Waals surface area contributed by atoms with Crippen LogP contribution < -0.4 is 10.6 Å². The molecule has 0 aliphatic carbocycles. The molecule has 3 aromatic rings. The first-order valence-electron chi connectivity index (χ1n) is 7.95. The number of carbonyl (C=O) groups is 1. The molecule has 2 aromatic carbocycles. The molecule has 0 saturated carbocycles. The molecule has 1 atom stereocenters. The summed E-state index contributed by atoms with van der Waals surface area (Å²) in [6, 6.07) is 19.5. The molecule has 4 nitrogen and oxygen atoms in total. The first kappa shape index (κ1) is 17.2. The summed E-state index contributed by atoms with van der Waals surface area (Å²) in [5.74, 6) is -0.189. The summed E-state index contributed by atoms with van der Waals surface area (Å²) in [6.07, 6.45) is 3.28. The molecule has 25 heavy (non-hydrogen) atoms. The average Bonchev–Trinajstić information content (AvgIpc) is 2.64. The fraction of sp³-hybridized carbons (Fsp3) is 0.100. The smallest absolute Gasteiger partial charge is 0.257 e. The van der Waals surface area contributed by atoms with Crippen molar-refractivity contribution in [2.45, 2.75) is 13.0 Å². The van der Waals surface area contributed by atoms with E-state index in [1.807, 2.05) is 42.5 Å². The van der Waals surface area contributed by atoms with Crippen molar-refractivity contribution in [2.75, 3.05) is 10.6 Å². The lowest BCUT2D eigenvalue weighted by molar-refractivity contribution is 0.102. The van der Waals surface area contributed by atoms with E-state index in [4.69, 9.17) is 0 Å². The molecule has 0 saturated heterocycles. The first-order valence-corrected chi connectivity index (χ1v) is 8.74. The van der Waals surface area contributed by atoms with Crippen molar-refractivity contribution in [1.29, 1.82) is 0 Å². The molecule has 0 aliphatic heterocycles. The maximum atomic E-state index is 12.4. The summed E-state index contributed by atoms with van der Waals surface area (Å²) >= 11 is 3.38. The maximum absolute atomic E-state index is 12.4. The van der Waals surface area contributed by atoms with Crippen LogP contribution in [0.5, 0.6) is 0 Å². The molecule has 1 amide bonds. The molecular weight excluding hydrogens is 378 g/mol. The number of rotatable bonds is 5. The summed E-state index contributed by atoms with van der Waals surface area (Å²) in [7, 11) is 0. The van der Waals surface area contributed by atoms with E-state index in [0.29, 0.717) is 5.56 Å². The summed E-state index contributed by atoms with van der Waals surface area (Å²) in [4.78, 5) is 16.6. The molecule has 5 heteroatoms. The lowest BCUT2D eigenvalue weighted by atomic mass is 10.1. The fourth-order valence-corrected chi connectivity index (χ4v) is 2.72. The second-order valence-corrected chi connectivity index (χ2v) is 6.62. The van der Waals surface area contributed by atoms with E-state index in [-0.39, 0.29) is 11.9 Å². The largest absolute Gasteiger partial charge is 0.377 e. The Morgan fingerprint density at radius 2 is 1.72 bits per heavy atom. The number of hydrogen-bond donors (Lipinski definition) is 2. The summed E-state index contributed by atoms with van der Waals surface area (Å²) in [5.41, 5.74) is 3.23. The number of amides is 1. The second kappa shape index (κ2) is 7.94. The number of benzene rings is 2. The van der Waals surface area contributed by atoms with E-state index in [2.05, 4.69) is 50.6 Å². The predicted molar refractivity (Wildman–Crippen MR) is 105 cm³/mol. The maximum Gasteiger partial charge on any atom is 0.257 e. The third kappa shape index (κ3) is 4.67. The van der Waals surface area contributed by atoms with Crippen molar-refractivity contribution in [1.82, 2.24) is 4.98 Å². The highest BCUT2D eigenvalue weighted by molar-refractivity contribution is 9.10. The van der Waals surface area contributed by atoms with Crippen LogP contribution in [0, 0.1) is 0 Å². The van der Waals surface area contributed by atoms with Crippen LogP contribution in [-0.2, 0) is 0 Å². The molecule has 2 N–H and O–H groups in total. The van der Waals surface area contributed by atoms with E-state index < -0.39 is 0 Å². The van der Waals surface area contributed by atoms with Crippen LogP contribution in [0.1, 0.15) is 28.9 Å². The van der Waals surface area contributed by atoms with Gasteiger partial charge in [-0.2, -0.15) is 0 Å². The zero-order valence-corrected chi connectivity index (χ0v) is 15.3. The number of halogens is 1. The van der Waals surface area contributed by atoms with Crippen LogP contribution in [0.15, 0.2) is 77.5 Å². The van der Waals surface area contributed by atoms with Gasteiger partial charge in [0.15, 0.2) is 0 Å². The van der Waals surface area contributed by atoms with Crippen molar-refractivity contribution >= 4 is 33.2 Å². The van der Waals surface area contributed by atoms with Gasteiger partial charge in [-0.25, -0.2) is 0 Å². The molecule has 0 bridgehead atoms. The Bertz CT molecular complexity index is 850. The molecule has 0 spiro atoms. The standard InChI is InChI=1S/C20H18BrN3O/c1-14(15-5-3-2-4-6-15)23-19-11-16(12-22-13-19)20(25)24-18-9-7-17(21)8-10-18/h2-14,23H,1H3,(H,24,25). The van der Waals surface area contributed by atoms with E-state index in [0.717, 1.165) is 15.8 Å². The van der Waals surface area contributed by atoms with Crippen LogP contribution in [0.4, 0.5) is 11.4 Å². The van der Waals surface area contributed by atoms with Gasteiger partial charge in [0, 0.05) is 28.6 Å². The van der Waals surface area contributed by atoms with E-state index in [9.17, 15) is 4.79 Å². The molecule has 126 valence electrons. The van der Waals surface area contributed by atoms with Crippen molar-refractivity contribution < 1.29 is 4.79 Å². The van der Waals surface area contributed by atoms with E-state index in [1.54, 1.807) is 18.5 Å². The quantitative estimate of drug-likeness (QED) is 0.618. The van der Waals surface area contributed by atoms with Gasteiger partial charge in [0.2, 0.25) is 0 Å². The number of aromatic nitrogens is 1. The van der Waals surface area contributed by atoms with Gasteiger partial charge in [-0.1, -0.05) is 46.3 Å². The van der Waals surface area contributed by atoms with Gasteiger partial charge < -0.3 is 10.6 Å². The zero-order valence-electron chi connectivity index (χ0n) is 13.7. The molecule has 3 rings (SSSR count). The first-order chi connectivity index (χ1) is 12.1. The van der Waals surface area contributed by atoms with Gasteiger partial charge in [0.05, 0.1) is 11.3 Å². The minimum Gasteiger partial charge on any atom is -0.377 e. The molecule has 1 unspecified atom stereocenters. The normalized spacial score (nSPS) is 11.6. The number of pyridine rings is 1. The van der Waals surface area contributed by atoms with E-state index >= 15 is 0 Å². The lowest BCUT2D eigenvalue weighted by Gasteiger charge is -2.16. The number of anilines is 2. The van der Waals surface area contributed by atoms with E-state index in [1.165, 1.54) is 5.56 Å². The molecule has 0 fully saturated rings. The van der Waals surface area contributed by atoms with Gasteiger partial charge >= 0.3 is 0 Å². The number of nitrogens with one attached hydrogen (secondary N) is 2. The average molecular weight is 396 g/mol. The van der Waals surface area contributed by atoms with Crippen molar-refractivity contribution in [2.24, 2.45) is 0 Å². The Morgan fingerprint density at radius 1 is 1.00 bits per heavy atom. The monoisotopic (exact) mass is 395 g/mol. The Labute approximate surface area is 155 Å². The summed E-state index contributed by atoms with van der Waals surface area (Å²) in [5, 5.41) is 6.25.